The van der Waals surface area contributed by atoms with E-state index >= 15 is 0 Å². The summed E-state index contributed by atoms with van der Waals surface area (Å²) >= 11 is 0. The molecule has 6 heteroatoms. The third-order valence-electron chi connectivity index (χ3n) is 7.97. The van der Waals surface area contributed by atoms with Crippen molar-refractivity contribution >= 4 is 24.6 Å². The van der Waals surface area contributed by atoms with Crippen LogP contribution in [0, 0.1) is 0 Å². The van der Waals surface area contributed by atoms with Gasteiger partial charge in [-0.1, -0.05) is 60.7 Å². The molecule has 0 atom stereocenters. The number of benzene rings is 2. The van der Waals surface area contributed by atoms with Crippen LogP contribution < -0.4 is 0 Å². The molecule has 2 fully saturated rings. The van der Waals surface area contributed by atoms with E-state index in [1.807, 2.05) is 12.4 Å². The Hall–Kier alpha value is -3.74. The van der Waals surface area contributed by atoms with Gasteiger partial charge in [-0.2, -0.15) is 10.2 Å². The van der Waals surface area contributed by atoms with Gasteiger partial charge in [-0.25, -0.2) is 0 Å². The fourth-order valence-electron chi connectivity index (χ4n) is 6.05. The predicted octanol–water partition coefficient (Wildman–Crippen LogP) is 5.97. The second-order valence-corrected chi connectivity index (χ2v) is 10.6. The van der Waals surface area contributed by atoms with Crippen LogP contribution >= 0.6 is 0 Å². The van der Waals surface area contributed by atoms with Crippen molar-refractivity contribution in [3.63, 3.8) is 0 Å². The summed E-state index contributed by atoms with van der Waals surface area (Å²) in [5, 5.41) is 9.19. The van der Waals surface area contributed by atoms with Gasteiger partial charge in [-0.05, 0) is 71.3 Å². The number of allylic oxidation sites excluding steroid dienone is 4. The normalized spacial score (nSPS) is 22.7. The number of rotatable bonds is 7. The average molecular weight is 535 g/mol. The van der Waals surface area contributed by atoms with E-state index in [1.54, 1.807) is 0 Å². The van der Waals surface area contributed by atoms with Crippen molar-refractivity contribution in [3.8, 4) is 0 Å². The van der Waals surface area contributed by atoms with Gasteiger partial charge < -0.3 is 19.3 Å². The summed E-state index contributed by atoms with van der Waals surface area (Å²) in [6, 6.07) is 21.2. The zero-order chi connectivity index (χ0) is 27.0. The Morgan fingerprint density at radius 3 is 1.32 bits per heavy atom. The maximum atomic E-state index is 5.65. The van der Waals surface area contributed by atoms with Gasteiger partial charge in [0.2, 0.25) is 0 Å². The lowest BCUT2D eigenvalue weighted by Gasteiger charge is -2.31. The maximum Gasteiger partial charge on any atom is 0.0642 e. The minimum atomic E-state index is 0.766. The zero-order valence-corrected chi connectivity index (χ0v) is 23.2. The Morgan fingerprint density at radius 2 is 0.925 bits per heavy atom. The van der Waals surface area contributed by atoms with E-state index in [9.17, 15) is 0 Å². The summed E-state index contributed by atoms with van der Waals surface area (Å²) < 4.78 is 11.3. The first-order valence-corrected chi connectivity index (χ1v) is 14.6. The lowest BCUT2D eigenvalue weighted by atomic mass is 10.1. The molecule has 206 valence electrons. The van der Waals surface area contributed by atoms with Gasteiger partial charge in [0.05, 0.1) is 38.9 Å². The van der Waals surface area contributed by atoms with E-state index in [-0.39, 0.29) is 0 Å². The highest BCUT2D eigenvalue weighted by atomic mass is 16.5. The molecule has 6 nitrogen and oxygen atoms in total. The Morgan fingerprint density at radius 1 is 0.525 bits per heavy atom. The predicted molar refractivity (Wildman–Crippen MR) is 163 cm³/mol. The second kappa shape index (κ2) is 13.1. The van der Waals surface area contributed by atoms with E-state index in [2.05, 4.69) is 92.8 Å². The Balaban J connectivity index is 1.27. The molecule has 2 aliphatic carbocycles. The number of morpholine rings is 2. The maximum absolute atomic E-state index is 5.65. The van der Waals surface area contributed by atoms with Gasteiger partial charge in [-0.15, -0.1) is 0 Å². The summed E-state index contributed by atoms with van der Waals surface area (Å²) in [5.74, 6) is 0. The molecule has 0 radical (unpaired) electrons. The van der Waals surface area contributed by atoms with Crippen molar-refractivity contribution in [2.75, 3.05) is 52.6 Å². The first-order chi connectivity index (χ1) is 19.8. The van der Waals surface area contributed by atoms with Crippen LogP contribution in [0.2, 0.25) is 0 Å². The molecule has 6 rings (SSSR count). The molecule has 0 aromatic heterocycles. The molecule has 0 saturated carbocycles. The molecule has 2 aromatic carbocycles. The van der Waals surface area contributed by atoms with E-state index in [0.717, 1.165) is 78.3 Å². The minimum Gasteiger partial charge on any atom is -0.378 e. The second-order valence-electron chi connectivity index (χ2n) is 10.6. The largest absolute Gasteiger partial charge is 0.378 e. The molecule has 0 amide bonds. The highest BCUT2D eigenvalue weighted by molar-refractivity contribution is 5.86. The van der Waals surface area contributed by atoms with E-state index in [1.165, 1.54) is 44.8 Å². The molecule has 2 aliphatic heterocycles. The first kappa shape index (κ1) is 26.5. The lowest BCUT2D eigenvalue weighted by molar-refractivity contribution is 0.0548. The highest BCUT2D eigenvalue weighted by Gasteiger charge is 2.27. The Bertz CT molecular complexity index is 1240. The molecule has 4 aliphatic rings. The van der Waals surface area contributed by atoms with Gasteiger partial charge >= 0.3 is 0 Å². The molecule has 40 heavy (non-hydrogen) atoms. The van der Waals surface area contributed by atoms with Crippen LogP contribution in [0.3, 0.4) is 0 Å². The molecule has 0 spiro atoms. The smallest absolute Gasteiger partial charge is 0.0642 e. The molecule has 0 bridgehead atoms. The van der Waals surface area contributed by atoms with Crippen LogP contribution in [0.15, 0.2) is 105 Å². The summed E-state index contributed by atoms with van der Waals surface area (Å²) in [7, 11) is 0. The highest BCUT2D eigenvalue weighted by Crippen LogP contribution is 2.36. The standard InChI is InChI=1S/C34H38N4O2/c1-3-7-27(8-4-1)23-29-11-13-31(33(29)37-15-19-39-20-16-37)25-35-36-26-32-14-12-30(24-28-9-5-2-6-10-28)34(32)38-17-21-40-22-18-38/h1-10,23-26H,11-22H2. The summed E-state index contributed by atoms with van der Waals surface area (Å²) in [4.78, 5) is 4.93. The summed E-state index contributed by atoms with van der Waals surface area (Å²) in [6.07, 6.45) is 12.6. The average Bonchev–Trinajstić information content (AvgIpc) is 3.60. The molecular weight excluding hydrogens is 496 g/mol. The minimum absolute atomic E-state index is 0.766. The number of ether oxygens (including phenoxy) is 2. The van der Waals surface area contributed by atoms with Gasteiger partial charge in [-0.3, -0.25) is 0 Å². The van der Waals surface area contributed by atoms with Gasteiger partial charge in [0.1, 0.15) is 0 Å². The quantitative estimate of drug-likeness (QED) is 0.324. The zero-order valence-electron chi connectivity index (χ0n) is 23.2. The molecule has 2 saturated heterocycles. The van der Waals surface area contributed by atoms with Crippen LogP contribution in [0.4, 0.5) is 0 Å². The van der Waals surface area contributed by atoms with Crippen molar-refractivity contribution in [1.29, 1.82) is 0 Å². The molecule has 2 heterocycles. The van der Waals surface area contributed by atoms with Gasteiger partial charge in [0, 0.05) is 37.6 Å². The van der Waals surface area contributed by atoms with Gasteiger partial charge in [0.15, 0.2) is 0 Å². The third-order valence-corrected chi connectivity index (χ3v) is 7.97. The topological polar surface area (TPSA) is 49.7 Å². The van der Waals surface area contributed by atoms with Crippen molar-refractivity contribution in [1.82, 2.24) is 9.80 Å². The number of hydrogen-bond acceptors (Lipinski definition) is 6. The lowest BCUT2D eigenvalue weighted by Crippen LogP contribution is -2.36. The van der Waals surface area contributed by atoms with Crippen molar-refractivity contribution < 1.29 is 9.47 Å². The van der Waals surface area contributed by atoms with Crippen molar-refractivity contribution in [2.24, 2.45) is 10.2 Å². The van der Waals surface area contributed by atoms with Crippen LogP contribution in [0.5, 0.6) is 0 Å². The molecule has 2 aromatic rings. The molecule has 0 unspecified atom stereocenters. The Labute approximate surface area is 237 Å². The number of hydrogen-bond donors (Lipinski definition) is 0. The van der Waals surface area contributed by atoms with E-state index in [4.69, 9.17) is 9.47 Å². The SMILES string of the molecule is C(=NN=CC1=C(N2CCOCC2)C(=Cc2ccccc2)CC1)C1=C(N2CCOCC2)C(=Cc2ccccc2)CC1. The van der Waals surface area contributed by atoms with Crippen LogP contribution in [-0.2, 0) is 9.47 Å². The van der Waals surface area contributed by atoms with Crippen LogP contribution in [-0.4, -0.2) is 74.8 Å². The van der Waals surface area contributed by atoms with Crippen molar-refractivity contribution in [2.45, 2.75) is 25.7 Å². The summed E-state index contributed by atoms with van der Waals surface area (Å²) in [6.45, 7) is 6.71. The molecular formula is C34H38N4O2. The third kappa shape index (κ3) is 6.35. The Kier molecular flexibility index (Phi) is 8.66. The number of nitrogens with zero attached hydrogens (tertiary/aromatic N) is 4. The van der Waals surface area contributed by atoms with Crippen LogP contribution in [0.1, 0.15) is 36.8 Å². The van der Waals surface area contributed by atoms with E-state index < -0.39 is 0 Å². The van der Waals surface area contributed by atoms with Gasteiger partial charge in [0.25, 0.3) is 0 Å². The monoisotopic (exact) mass is 534 g/mol. The molecule has 0 N–H and O–H groups in total. The summed E-state index contributed by atoms with van der Waals surface area (Å²) in [5.41, 5.74) is 10.4. The van der Waals surface area contributed by atoms with E-state index in [0.29, 0.717) is 0 Å². The first-order valence-electron chi connectivity index (χ1n) is 14.6. The fourth-order valence-corrected chi connectivity index (χ4v) is 6.05. The van der Waals surface area contributed by atoms with Crippen LogP contribution in [0.25, 0.3) is 12.2 Å². The van der Waals surface area contributed by atoms with Crippen molar-refractivity contribution in [3.05, 3.63) is 105 Å². The fraction of sp³-hybridized carbons (Fsp3) is 0.353.